The van der Waals surface area contributed by atoms with Gasteiger partial charge < -0.3 is 43.0 Å². The maximum absolute atomic E-state index is 12.4. The molecule has 2 saturated heterocycles. The number of aryl methyl sites for hydroxylation is 2. The van der Waals surface area contributed by atoms with Gasteiger partial charge in [0.05, 0.1) is 23.8 Å². The summed E-state index contributed by atoms with van der Waals surface area (Å²) in [5, 5.41) is 10.8. The van der Waals surface area contributed by atoms with Gasteiger partial charge in [-0.3, -0.25) is 14.4 Å². The Bertz CT molecular complexity index is 2130. The van der Waals surface area contributed by atoms with Crippen LogP contribution in [0.15, 0.2) is 54.9 Å². The van der Waals surface area contributed by atoms with Gasteiger partial charge in [-0.1, -0.05) is 18.2 Å². The normalized spacial score (nSPS) is 16.7. The largest absolute Gasteiger partial charge is 0.364 e. The van der Waals surface area contributed by atoms with Crippen molar-refractivity contribution in [3.8, 4) is 0 Å². The van der Waals surface area contributed by atoms with E-state index in [0.29, 0.717) is 42.0 Å². The number of anilines is 6. The van der Waals surface area contributed by atoms with Gasteiger partial charge in [-0.15, -0.1) is 0 Å². The Balaban J connectivity index is 0.000000198. The van der Waals surface area contributed by atoms with E-state index in [1.165, 1.54) is 23.1 Å². The molecule has 1 aromatic carbocycles. The Labute approximate surface area is 332 Å². The highest BCUT2D eigenvalue weighted by molar-refractivity contribution is 7.10. The number of aromatic nitrogens is 6. The predicted octanol–water partition coefficient (Wildman–Crippen LogP) is 3.99. The maximum atomic E-state index is 12.4. The van der Waals surface area contributed by atoms with E-state index in [0.717, 1.165) is 79.1 Å². The molecule has 0 aliphatic carbocycles. The number of nitrogens with one attached hydrogen (secondary N) is 3. The number of benzene rings is 1. The molecule has 0 bridgehead atoms. The van der Waals surface area contributed by atoms with Crippen LogP contribution in [-0.4, -0.2) is 85.7 Å². The van der Waals surface area contributed by atoms with Crippen LogP contribution in [0.5, 0.6) is 0 Å². The van der Waals surface area contributed by atoms with Crippen LogP contribution < -0.4 is 43.0 Å². The Hall–Kier alpha value is -5.79. The number of amides is 3. The highest BCUT2D eigenvalue weighted by Gasteiger charge is 2.25. The van der Waals surface area contributed by atoms with Crippen molar-refractivity contribution in [2.24, 2.45) is 29.0 Å². The van der Waals surface area contributed by atoms with Gasteiger partial charge in [0, 0.05) is 38.3 Å². The Kier molecular flexibility index (Phi) is 13.3. The zero-order valence-corrected chi connectivity index (χ0v) is 32.9. The first-order valence-corrected chi connectivity index (χ1v) is 19.9. The summed E-state index contributed by atoms with van der Waals surface area (Å²) in [4.78, 5) is 57.8. The molecule has 5 aromatic rings. The van der Waals surface area contributed by atoms with E-state index < -0.39 is 11.8 Å². The predicted molar refractivity (Wildman–Crippen MR) is 219 cm³/mol. The summed E-state index contributed by atoms with van der Waals surface area (Å²) in [5.74, 6) is 1.48. The molecule has 2 aliphatic heterocycles. The van der Waals surface area contributed by atoms with Gasteiger partial charge in [0.15, 0.2) is 23.0 Å². The average Bonchev–Trinajstić information content (AvgIpc) is 3.83. The van der Waals surface area contributed by atoms with Gasteiger partial charge >= 0.3 is 0 Å². The summed E-state index contributed by atoms with van der Waals surface area (Å²) in [6.45, 7) is 8.35. The van der Waals surface area contributed by atoms with Gasteiger partial charge in [0.2, 0.25) is 0 Å². The Morgan fingerprint density at radius 2 is 1.27 bits per heavy atom. The first kappa shape index (κ1) is 39.9. The number of nitrogens with two attached hydrogens (primary N) is 3. The molecule has 2 fully saturated rings. The number of primary amides is 2. The molecule has 2 atom stereocenters. The third-order valence-electron chi connectivity index (χ3n) is 9.33. The summed E-state index contributed by atoms with van der Waals surface area (Å²) in [7, 11) is 0. The summed E-state index contributed by atoms with van der Waals surface area (Å²) in [6, 6.07) is 13.0. The molecule has 0 saturated carbocycles. The van der Waals surface area contributed by atoms with E-state index in [4.69, 9.17) is 17.2 Å². The zero-order valence-electron chi connectivity index (χ0n) is 31.3. The highest BCUT2D eigenvalue weighted by Crippen LogP contribution is 2.28. The van der Waals surface area contributed by atoms with E-state index in [2.05, 4.69) is 54.4 Å². The van der Waals surface area contributed by atoms with Crippen LogP contribution >= 0.6 is 23.1 Å². The second-order valence-corrected chi connectivity index (χ2v) is 15.3. The fourth-order valence-electron chi connectivity index (χ4n) is 6.51. The maximum Gasteiger partial charge on any atom is 0.271 e. The number of carbonyl (C=O) groups excluding carboxylic acids is 3. The van der Waals surface area contributed by atoms with Crippen LogP contribution in [0.2, 0.25) is 0 Å². The molecule has 0 spiro atoms. The third-order valence-corrected chi connectivity index (χ3v) is 10.9. The lowest BCUT2D eigenvalue weighted by atomic mass is 9.98. The van der Waals surface area contributed by atoms with Crippen LogP contribution in [0.3, 0.4) is 0 Å². The molecular formula is C37H46N14O3S2. The molecule has 3 amide bonds. The van der Waals surface area contributed by atoms with Gasteiger partial charge in [0.1, 0.15) is 21.6 Å². The average molecular weight is 799 g/mol. The fourth-order valence-corrected chi connectivity index (χ4v) is 7.83. The van der Waals surface area contributed by atoms with Crippen molar-refractivity contribution in [1.29, 1.82) is 0 Å². The quantitative estimate of drug-likeness (QED) is 0.105. The van der Waals surface area contributed by atoms with E-state index in [9.17, 15) is 14.4 Å². The van der Waals surface area contributed by atoms with Crippen molar-refractivity contribution in [2.75, 3.05) is 59.7 Å². The summed E-state index contributed by atoms with van der Waals surface area (Å²) < 4.78 is 8.45. The van der Waals surface area contributed by atoms with E-state index in [1.807, 2.05) is 44.2 Å². The second kappa shape index (κ2) is 18.7. The molecule has 19 heteroatoms. The minimum atomic E-state index is -0.645. The number of nitrogens with zero attached hydrogens (tertiary/aromatic N) is 8. The summed E-state index contributed by atoms with van der Waals surface area (Å²) in [6.07, 6.45) is 7.37. The molecule has 2 unspecified atom stereocenters. The van der Waals surface area contributed by atoms with Crippen molar-refractivity contribution >= 4 is 74.1 Å². The van der Waals surface area contributed by atoms with E-state index in [1.54, 1.807) is 24.5 Å². The van der Waals surface area contributed by atoms with Crippen LogP contribution in [0, 0.1) is 25.7 Å². The Morgan fingerprint density at radius 3 is 1.73 bits per heavy atom. The molecule has 4 aromatic heterocycles. The summed E-state index contributed by atoms with van der Waals surface area (Å²) in [5.41, 5.74) is 19.3. The smallest absolute Gasteiger partial charge is 0.271 e. The third kappa shape index (κ3) is 10.5. The minimum absolute atomic E-state index is 0.0698. The van der Waals surface area contributed by atoms with Crippen LogP contribution in [0.25, 0.3) is 0 Å². The molecule has 17 nitrogen and oxygen atoms in total. The van der Waals surface area contributed by atoms with Crippen molar-refractivity contribution in [1.82, 2.24) is 34.0 Å². The van der Waals surface area contributed by atoms with Crippen molar-refractivity contribution in [2.45, 2.75) is 39.5 Å². The number of rotatable bonds is 12. The molecule has 6 heterocycles. The fraction of sp³-hybridized carbons (Fsp3) is 0.378. The first-order valence-electron chi connectivity index (χ1n) is 18.3. The van der Waals surface area contributed by atoms with Crippen molar-refractivity contribution < 1.29 is 14.4 Å². The van der Waals surface area contributed by atoms with Crippen LogP contribution in [0.4, 0.5) is 33.3 Å². The van der Waals surface area contributed by atoms with E-state index in [-0.39, 0.29) is 23.2 Å². The van der Waals surface area contributed by atoms with Crippen molar-refractivity contribution in [3.05, 3.63) is 83.2 Å². The zero-order chi connectivity index (χ0) is 39.6. The van der Waals surface area contributed by atoms with Gasteiger partial charge in [-0.25, -0.2) is 19.9 Å². The molecule has 2 aliphatic rings. The van der Waals surface area contributed by atoms with Crippen LogP contribution in [0.1, 0.15) is 68.4 Å². The van der Waals surface area contributed by atoms with Gasteiger partial charge in [-0.05, 0) is 105 Å². The molecule has 0 radical (unpaired) electrons. The van der Waals surface area contributed by atoms with Gasteiger partial charge in [0.25, 0.3) is 17.7 Å². The molecule has 7 rings (SSSR count). The van der Waals surface area contributed by atoms with Crippen LogP contribution in [-0.2, 0) is 0 Å². The first-order chi connectivity index (χ1) is 27.1. The minimum Gasteiger partial charge on any atom is -0.364 e. The standard InChI is InChI=1S/C22H25N7O2S.C15H21N7OS/c1-14-10-18(32-28-14)27-21-19(20(23)30)24-12-17(26-21)29-9-5-6-15(13-29)11-25-22(31)16-7-3-2-4-8-16;1-9-5-12(24-21-9)20-15-13(14(17)23)18-7-11(19-15)22-4-2-3-10(6-16)8-22/h2-4,7-8,10,12,15H,5-6,9,11,13H2,1H3,(H2,23,30)(H,25,31)(H,26,27);5,7,10H,2-4,6,8,16H2,1H3,(H2,17,23)(H,19,20). The molecule has 294 valence electrons. The molecule has 56 heavy (non-hydrogen) atoms. The second-order valence-electron chi connectivity index (χ2n) is 13.7. The molecule has 9 N–H and O–H groups in total. The topological polar surface area (TPSA) is 249 Å². The highest BCUT2D eigenvalue weighted by atomic mass is 32.1. The lowest BCUT2D eigenvalue weighted by Crippen LogP contribution is -2.41. The number of carbonyl (C=O) groups is 3. The lowest BCUT2D eigenvalue weighted by molar-refractivity contribution is 0.0943. The van der Waals surface area contributed by atoms with E-state index >= 15 is 0 Å². The SMILES string of the molecule is Cc1cc(Nc2nc(N3CCCC(CN)C3)cnc2C(N)=O)sn1.Cc1cc(Nc2nc(N3CCCC(CNC(=O)c4ccccc4)C3)cnc2C(N)=O)sn1. The Morgan fingerprint density at radius 1 is 0.768 bits per heavy atom. The van der Waals surface area contributed by atoms with Crippen molar-refractivity contribution in [3.63, 3.8) is 0 Å². The number of hydrogen-bond acceptors (Lipinski definition) is 16. The monoisotopic (exact) mass is 798 g/mol. The number of piperidine rings is 2. The summed E-state index contributed by atoms with van der Waals surface area (Å²) >= 11 is 2.58. The number of hydrogen-bond donors (Lipinski definition) is 6. The molecular weight excluding hydrogens is 753 g/mol. The lowest BCUT2D eigenvalue weighted by Gasteiger charge is -2.33. The van der Waals surface area contributed by atoms with Gasteiger partial charge in [-0.2, -0.15) is 8.75 Å².